The third kappa shape index (κ3) is 8.37. The highest BCUT2D eigenvalue weighted by molar-refractivity contribution is 7.92. The highest BCUT2D eigenvalue weighted by atomic mass is 35.5. The van der Waals surface area contributed by atoms with Gasteiger partial charge in [0.25, 0.3) is 10.0 Å². The fourth-order valence-corrected chi connectivity index (χ4v) is 6.27. The van der Waals surface area contributed by atoms with Crippen LogP contribution in [0.1, 0.15) is 44.7 Å². The van der Waals surface area contributed by atoms with E-state index in [4.69, 9.17) is 32.7 Å². The van der Waals surface area contributed by atoms with Gasteiger partial charge in [-0.1, -0.05) is 60.8 Å². The zero-order chi connectivity index (χ0) is 32.6. The number of ether oxygens (including phenoxy) is 2. The van der Waals surface area contributed by atoms with Gasteiger partial charge >= 0.3 is 0 Å². The second-order valence-electron chi connectivity index (χ2n) is 10.4. The molecule has 0 saturated carbocycles. The highest BCUT2D eigenvalue weighted by Crippen LogP contribution is 2.36. The fraction of sp³-hybridized carbons (Fsp3) is 0.375. The Bertz CT molecular complexity index is 1570. The van der Waals surface area contributed by atoms with Crippen molar-refractivity contribution in [3.8, 4) is 11.5 Å². The van der Waals surface area contributed by atoms with Gasteiger partial charge in [-0.25, -0.2) is 8.42 Å². The SMILES string of the molecule is CC[C@H](C(=O)N[C@@H](C)CC)N(Cc1ccc(Cl)c(Cl)c1)C(=O)CN(c1cc(OC)ccc1OC)S(=O)(=O)c1ccc(C)cc1. The lowest BCUT2D eigenvalue weighted by molar-refractivity contribution is -0.140. The highest BCUT2D eigenvalue weighted by Gasteiger charge is 2.35. The molecule has 12 heteroatoms. The minimum Gasteiger partial charge on any atom is -0.497 e. The van der Waals surface area contributed by atoms with Gasteiger partial charge in [-0.2, -0.15) is 0 Å². The largest absolute Gasteiger partial charge is 0.497 e. The summed E-state index contributed by atoms with van der Waals surface area (Å²) in [4.78, 5) is 29.2. The summed E-state index contributed by atoms with van der Waals surface area (Å²) in [5, 5.41) is 3.59. The summed E-state index contributed by atoms with van der Waals surface area (Å²) in [6.07, 6.45) is 0.976. The van der Waals surface area contributed by atoms with Gasteiger partial charge in [0.1, 0.15) is 24.1 Å². The molecule has 0 aliphatic heterocycles. The fourth-order valence-electron chi connectivity index (χ4n) is 4.54. The van der Waals surface area contributed by atoms with Gasteiger partial charge in [-0.15, -0.1) is 0 Å². The number of nitrogens with zero attached hydrogens (tertiary/aromatic N) is 2. The molecule has 0 radical (unpaired) electrons. The summed E-state index contributed by atoms with van der Waals surface area (Å²) in [6.45, 7) is 6.81. The molecule has 2 atom stereocenters. The van der Waals surface area contributed by atoms with E-state index in [1.807, 2.05) is 20.8 Å². The molecule has 0 aliphatic carbocycles. The van der Waals surface area contributed by atoms with E-state index in [1.54, 1.807) is 49.4 Å². The Balaban J connectivity index is 2.16. The topological polar surface area (TPSA) is 105 Å². The number of aryl methyl sites for hydroxylation is 1. The summed E-state index contributed by atoms with van der Waals surface area (Å²) >= 11 is 12.4. The molecule has 0 aliphatic rings. The normalized spacial score (nSPS) is 12.6. The predicted molar refractivity (Wildman–Crippen MR) is 174 cm³/mol. The van der Waals surface area contributed by atoms with Crippen molar-refractivity contribution in [2.24, 2.45) is 0 Å². The van der Waals surface area contributed by atoms with Crippen molar-refractivity contribution in [3.63, 3.8) is 0 Å². The number of anilines is 1. The van der Waals surface area contributed by atoms with Crippen LogP contribution in [0.5, 0.6) is 11.5 Å². The van der Waals surface area contributed by atoms with Crippen molar-refractivity contribution in [1.29, 1.82) is 0 Å². The molecular formula is C32H39Cl2N3O6S. The van der Waals surface area contributed by atoms with Crippen molar-refractivity contribution in [3.05, 3.63) is 81.8 Å². The Hall–Kier alpha value is -3.47. The number of benzene rings is 3. The standard InChI is InChI=1S/C32H39Cl2N3O6S/c1-7-22(4)35-32(39)28(8-2)36(19-23-11-15-26(33)27(34)17-23)31(38)20-37(29-18-24(42-5)12-16-30(29)43-6)44(40,41)25-13-9-21(3)10-14-25/h9-18,22,28H,7-8,19-20H2,1-6H3,(H,35,39)/t22-,28+/m0/s1. The molecule has 0 spiro atoms. The first-order valence-electron chi connectivity index (χ1n) is 14.2. The monoisotopic (exact) mass is 663 g/mol. The van der Waals surface area contributed by atoms with Crippen LogP contribution in [0.2, 0.25) is 10.0 Å². The zero-order valence-electron chi connectivity index (χ0n) is 25.8. The van der Waals surface area contributed by atoms with Crippen LogP contribution < -0.4 is 19.1 Å². The van der Waals surface area contributed by atoms with Gasteiger partial charge in [-0.3, -0.25) is 13.9 Å². The van der Waals surface area contributed by atoms with E-state index < -0.39 is 28.5 Å². The number of rotatable bonds is 14. The predicted octanol–water partition coefficient (Wildman–Crippen LogP) is 6.24. The van der Waals surface area contributed by atoms with E-state index in [9.17, 15) is 18.0 Å². The molecule has 0 saturated heterocycles. The molecule has 2 amide bonds. The lowest BCUT2D eigenvalue weighted by Crippen LogP contribution is -2.53. The van der Waals surface area contributed by atoms with Crippen LogP contribution in [0.15, 0.2) is 65.6 Å². The number of carbonyl (C=O) groups excluding carboxylic acids is 2. The van der Waals surface area contributed by atoms with Crippen molar-refractivity contribution < 1.29 is 27.5 Å². The summed E-state index contributed by atoms with van der Waals surface area (Å²) < 4.78 is 40.3. The second kappa shape index (κ2) is 15.5. The number of sulfonamides is 1. The van der Waals surface area contributed by atoms with Gasteiger partial charge in [0.2, 0.25) is 11.8 Å². The molecule has 44 heavy (non-hydrogen) atoms. The first-order valence-corrected chi connectivity index (χ1v) is 16.4. The van der Waals surface area contributed by atoms with Gasteiger partial charge in [0, 0.05) is 18.7 Å². The maximum absolute atomic E-state index is 14.3. The number of methoxy groups -OCH3 is 2. The molecule has 3 aromatic carbocycles. The van der Waals surface area contributed by atoms with Gasteiger partial charge < -0.3 is 19.7 Å². The van der Waals surface area contributed by atoms with E-state index in [2.05, 4.69) is 5.32 Å². The molecule has 238 valence electrons. The number of halogens is 2. The van der Waals surface area contributed by atoms with Crippen LogP contribution in [0.4, 0.5) is 5.69 Å². The van der Waals surface area contributed by atoms with Crippen LogP contribution in [0, 0.1) is 6.92 Å². The zero-order valence-corrected chi connectivity index (χ0v) is 28.1. The van der Waals surface area contributed by atoms with E-state index in [1.165, 1.54) is 37.3 Å². The van der Waals surface area contributed by atoms with Gasteiger partial charge in [-0.05, 0) is 68.7 Å². The number of nitrogens with one attached hydrogen (secondary N) is 1. The van der Waals surface area contributed by atoms with E-state index in [0.717, 1.165) is 9.87 Å². The summed E-state index contributed by atoms with van der Waals surface area (Å²) in [6, 6.07) is 14.9. The average Bonchev–Trinajstić information content (AvgIpc) is 3.01. The first kappa shape index (κ1) is 35.0. The Morgan fingerprint density at radius 1 is 0.909 bits per heavy atom. The summed E-state index contributed by atoms with van der Waals surface area (Å²) in [5.74, 6) is -0.374. The molecular weight excluding hydrogens is 625 g/mol. The third-order valence-corrected chi connectivity index (χ3v) is 9.78. The number of carbonyl (C=O) groups is 2. The first-order chi connectivity index (χ1) is 20.9. The van der Waals surface area contributed by atoms with Gasteiger partial charge in [0.05, 0.1) is 34.8 Å². The number of hydrogen-bond acceptors (Lipinski definition) is 6. The van der Waals surface area contributed by atoms with E-state index in [-0.39, 0.29) is 41.2 Å². The molecule has 1 N–H and O–H groups in total. The molecule has 0 aromatic heterocycles. The Labute approximate surface area is 270 Å². The van der Waals surface area contributed by atoms with Crippen molar-refractivity contribution in [1.82, 2.24) is 10.2 Å². The lowest BCUT2D eigenvalue weighted by atomic mass is 10.1. The van der Waals surface area contributed by atoms with Crippen LogP contribution in [-0.2, 0) is 26.2 Å². The Morgan fingerprint density at radius 3 is 2.16 bits per heavy atom. The maximum atomic E-state index is 14.3. The quantitative estimate of drug-likeness (QED) is 0.219. The number of amides is 2. The van der Waals surface area contributed by atoms with Crippen LogP contribution >= 0.6 is 23.2 Å². The third-order valence-electron chi connectivity index (χ3n) is 7.27. The lowest BCUT2D eigenvalue weighted by Gasteiger charge is -2.34. The molecule has 0 fully saturated rings. The molecule has 3 aromatic rings. The van der Waals surface area contributed by atoms with E-state index >= 15 is 0 Å². The molecule has 9 nitrogen and oxygen atoms in total. The summed E-state index contributed by atoms with van der Waals surface area (Å²) in [5.41, 5.74) is 1.60. The molecule has 0 unspecified atom stereocenters. The number of hydrogen-bond donors (Lipinski definition) is 1. The maximum Gasteiger partial charge on any atom is 0.264 e. The van der Waals surface area contributed by atoms with Crippen LogP contribution in [-0.4, -0.2) is 58.0 Å². The molecule has 0 heterocycles. The second-order valence-corrected chi connectivity index (χ2v) is 13.1. The van der Waals surface area contributed by atoms with E-state index in [0.29, 0.717) is 27.8 Å². The Kier molecular flexibility index (Phi) is 12.3. The van der Waals surface area contributed by atoms with Crippen molar-refractivity contribution >= 4 is 50.7 Å². The Morgan fingerprint density at radius 2 is 1.59 bits per heavy atom. The summed E-state index contributed by atoms with van der Waals surface area (Å²) in [7, 11) is -1.44. The minimum atomic E-state index is -4.31. The average molecular weight is 665 g/mol. The van der Waals surface area contributed by atoms with Gasteiger partial charge in [0.15, 0.2) is 0 Å². The van der Waals surface area contributed by atoms with Crippen molar-refractivity contribution in [2.45, 2.75) is 64.1 Å². The molecule has 3 rings (SSSR count). The van der Waals surface area contributed by atoms with Crippen LogP contribution in [0.25, 0.3) is 0 Å². The van der Waals surface area contributed by atoms with Crippen LogP contribution in [0.3, 0.4) is 0 Å². The minimum absolute atomic E-state index is 0.0154. The van der Waals surface area contributed by atoms with Crippen molar-refractivity contribution in [2.75, 3.05) is 25.1 Å². The molecule has 0 bridgehead atoms. The smallest absolute Gasteiger partial charge is 0.264 e.